The summed E-state index contributed by atoms with van der Waals surface area (Å²) in [5, 5.41) is 14.5. The number of hydrogen-bond donors (Lipinski definition) is 1. The van der Waals surface area contributed by atoms with Crippen molar-refractivity contribution >= 4 is 40.8 Å². The zero-order valence-electron chi connectivity index (χ0n) is 20.5. The zero-order chi connectivity index (χ0) is 26.5. The second kappa shape index (κ2) is 11.6. The molecule has 38 heavy (non-hydrogen) atoms. The van der Waals surface area contributed by atoms with Gasteiger partial charge in [-0.25, -0.2) is 4.39 Å². The first-order valence-electron chi connectivity index (χ1n) is 12.0. The van der Waals surface area contributed by atoms with E-state index in [9.17, 15) is 4.39 Å². The summed E-state index contributed by atoms with van der Waals surface area (Å²) < 4.78 is 27.8. The molecule has 0 aliphatic carbocycles. The Labute approximate surface area is 229 Å². The van der Waals surface area contributed by atoms with Crippen LogP contribution in [0.4, 0.5) is 4.39 Å². The van der Waals surface area contributed by atoms with Gasteiger partial charge >= 0.3 is 0 Å². The van der Waals surface area contributed by atoms with Crippen LogP contribution in [-0.2, 0) is 13.0 Å². The van der Waals surface area contributed by atoms with Crippen molar-refractivity contribution in [2.24, 2.45) is 5.10 Å². The summed E-state index contributed by atoms with van der Waals surface area (Å²) in [4.78, 5) is 0. The molecule has 1 N–H and O–H groups in total. The van der Waals surface area contributed by atoms with Gasteiger partial charge in [-0.3, -0.25) is 5.10 Å². The first-order valence-corrected chi connectivity index (χ1v) is 12.8. The summed E-state index contributed by atoms with van der Waals surface area (Å²) in [7, 11) is 0. The van der Waals surface area contributed by atoms with Crippen molar-refractivity contribution in [1.82, 2.24) is 14.9 Å². The molecule has 9 heteroatoms. The SMILES string of the molecule is CCOc1cc(C=Nn2c(Cc3cccc4ccccc34)n[nH]c2=S)ccc1OCc1c(F)cccc1Cl. The molecule has 0 amide bonds. The second-order valence-electron chi connectivity index (χ2n) is 8.44. The van der Waals surface area contributed by atoms with E-state index in [1.807, 2.05) is 31.2 Å². The molecule has 0 unspecified atom stereocenters. The number of H-pyrrole nitrogens is 1. The maximum atomic E-state index is 14.1. The van der Waals surface area contributed by atoms with Gasteiger partial charge in [0.05, 0.1) is 17.8 Å². The van der Waals surface area contributed by atoms with Gasteiger partial charge in [-0.15, -0.1) is 0 Å². The average Bonchev–Trinajstić information content (AvgIpc) is 3.27. The minimum atomic E-state index is -0.421. The molecular formula is C29H24ClFN4O2S. The number of aromatic amines is 1. The third-order valence-corrected chi connectivity index (χ3v) is 6.59. The van der Waals surface area contributed by atoms with Gasteiger partial charge in [0.15, 0.2) is 17.3 Å². The number of halogens is 2. The van der Waals surface area contributed by atoms with E-state index in [1.54, 1.807) is 35.2 Å². The van der Waals surface area contributed by atoms with Crippen molar-refractivity contribution in [2.75, 3.05) is 6.61 Å². The molecule has 5 rings (SSSR count). The normalized spacial score (nSPS) is 11.3. The molecule has 6 nitrogen and oxygen atoms in total. The number of nitrogens with zero attached hydrogens (tertiary/aromatic N) is 3. The Bertz CT molecular complexity index is 1660. The van der Waals surface area contributed by atoms with Gasteiger partial charge in [-0.2, -0.15) is 14.9 Å². The van der Waals surface area contributed by atoms with E-state index in [-0.39, 0.29) is 12.2 Å². The Morgan fingerprint density at radius 2 is 1.84 bits per heavy atom. The minimum absolute atomic E-state index is 0.0271. The van der Waals surface area contributed by atoms with E-state index in [1.165, 1.54) is 6.07 Å². The zero-order valence-corrected chi connectivity index (χ0v) is 22.1. The Kier molecular flexibility index (Phi) is 7.81. The van der Waals surface area contributed by atoms with Crippen LogP contribution < -0.4 is 9.47 Å². The first kappa shape index (κ1) is 25.6. The smallest absolute Gasteiger partial charge is 0.216 e. The lowest BCUT2D eigenvalue weighted by Crippen LogP contribution is -2.03. The molecule has 0 radical (unpaired) electrons. The Hall–Kier alpha value is -4.01. The Morgan fingerprint density at radius 3 is 2.68 bits per heavy atom. The lowest BCUT2D eigenvalue weighted by molar-refractivity contribution is 0.266. The van der Waals surface area contributed by atoms with E-state index >= 15 is 0 Å². The van der Waals surface area contributed by atoms with Crippen molar-refractivity contribution in [3.05, 3.63) is 117 Å². The van der Waals surface area contributed by atoms with Crippen molar-refractivity contribution in [3.63, 3.8) is 0 Å². The molecule has 4 aromatic carbocycles. The van der Waals surface area contributed by atoms with Crippen LogP contribution in [0.3, 0.4) is 0 Å². The predicted octanol–water partition coefficient (Wildman–Crippen LogP) is 7.34. The fourth-order valence-electron chi connectivity index (χ4n) is 4.11. The highest BCUT2D eigenvalue weighted by atomic mass is 35.5. The molecule has 1 heterocycles. The standard InChI is InChI=1S/C29H24ClFN4O2S/c1-2-36-27-15-19(13-14-26(27)37-18-23-24(30)11-6-12-25(23)31)17-32-35-28(33-34-29(35)38)16-21-9-5-8-20-7-3-4-10-22(20)21/h3-15,17H,2,16,18H2,1H3,(H,34,38). The molecule has 0 saturated carbocycles. The van der Waals surface area contributed by atoms with Crippen LogP contribution in [0.2, 0.25) is 5.02 Å². The largest absolute Gasteiger partial charge is 0.490 e. The van der Waals surface area contributed by atoms with E-state index in [0.717, 1.165) is 21.9 Å². The molecular weight excluding hydrogens is 523 g/mol. The molecule has 1 aromatic heterocycles. The molecule has 0 saturated heterocycles. The van der Waals surface area contributed by atoms with Crippen molar-refractivity contribution < 1.29 is 13.9 Å². The highest BCUT2D eigenvalue weighted by Gasteiger charge is 2.12. The molecule has 0 atom stereocenters. The van der Waals surface area contributed by atoms with Gasteiger partial charge in [0.1, 0.15) is 12.4 Å². The van der Waals surface area contributed by atoms with E-state index in [2.05, 4.69) is 39.6 Å². The number of rotatable bonds is 9. The third-order valence-electron chi connectivity index (χ3n) is 5.97. The van der Waals surface area contributed by atoms with Gasteiger partial charge in [0, 0.05) is 12.0 Å². The van der Waals surface area contributed by atoms with Crippen molar-refractivity contribution in [1.29, 1.82) is 0 Å². The first-order chi connectivity index (χ1) is 18.5. The summed E-state index contributed by atoms with van der Waals surface area (Å²) in [6, 6.07) is 24.4. The van der Waals surface area contributed by atoms with Gasteiger partial charge in [0.2, 0.25) is 4.77 Å². The van der Waals surface area contributed by atoms with Gasteiger partial charge < -0.3 is 9.47 Å². The van der Waals surface area contributed by atoms with Crippen LogP contribution in [0.15, 0.2) is 84.0 Å². The number of aromatic nitrogens is 3. The van der Waals surface area contributed by atoms with Gasteiger partial charge in [-0.05, 0) is 71.4 Å². The average molecular weight is 547 g/mol. The molecule has 0 spiro atoms. The van der Waals surface area contributed by atoms with Gasteiger partial charge in [0.25, 0.3) is 0 Å². The van der Waals surface area contributed by atoms with E-state index < -0.39 is 5.82 Å². The van der Waals surface area contributed by atoms with Crippen LogP contribution in [0.5, 0.6) is 11.5 Å². The van der Waals surface area contributed by atoms with Crippen LogP contribution in [0.1, 0.15) is 29.4 Å². The summed E-state index contributed by atoms with van der Waals surface area (Å²) in [6.45, 7) is 2.28. The Balaban J connectivity index is 1.38. The molecule has 5 aromatic rings. The van der Waals surface area contributed by atoms with Crippen LogP contribution in [0.25, 0.3) is 10.8 Å². The number of fused-ring (bicyclic) bond motifs is 1. The second-order valence-corrected chi connectivity index (χ2v) is 9.24. The summed E-state index contributed by atoms with van der Waals surface area (Å²) in [6.07, 6.45) is 2.24. The fourth-order valence-corrected chi connectivity index (χ4v) is 4.53. The van der Waals surface area contributed by atoms with Gasteiger partial charge in [-0.1, -0.05) is 60.1 Å². The van der Waals surface area contributed by atoms with E-state index in [0.29, 0.717) is 40.1 Å². The number of hydrogen-bond acceptors (Lipinski definition) is 5. The van der Waals surface area contributed by atoms with Crippen molar-refractivity contribution in [3.8, 4) is 11.5 Å². The highest BCUT2D eigenvalue weighted by Crippen LogP contribution is 2.30. The van der Waals surface area contributed by atoms with E-state index in [4.69, 9.17) is 33.3 Å². The lowest BCUT2D eigenvalue weighted by Gasteiger charge is -2.13. The third kappa shape index (κ3) is 5.61. The fraction of sp³-hybridized carbons (Fsp3) is 0.138. The highest BCUT2D eigenvalue weighted by molar-refractivity contribution is 7.71. The molecule has 0 aliphatic heterocycles. The predicted molar refractivity (Wildman–Crippen MR) is 151 cm³/mol. The summed E-state index contributed by atoms with van der Waals surface area (Å²) in [5.74, 6) is 1.25. The Morgan fingerprint density at radius 1 is 1.03 bits per heavy atom. The molecule has 0 fully saturated rings. The quantitative estimate of drug-likeness (QED) is 0.155. The topological polar surface area (TPSA) is 64.4 Å². The maximum absolute atomic E-state index is 14.1. The summed E-state index contributed by atoms with van der Waals surface area (Å²) in [5.41, 5.74) is 2.18. The number of benzene rings is 4. The molecule has 0 bridgehead atoms. The van der Waals surface area contributed by atoms with Crippen molar-refractivity contribution in [2.45, 2.75) is 20.0 Å². The lowest BCUT2D eigenvalue weighted by atomic mass is 10.0. The summed E-state index contributed by atoms with van der Waals surface area (Å²) >= 11 is 11.6. The van der Waals surface area contributed by atoms with Crippen LogP contribution in [0, 0.1) is 10.6 Å². The van der Waals surface area contributed by atoms with Crippen LogP contribution in [-0.4, -0.2) is 27.7 Å². The number of nitrogens with one attached hydrogen (secondary N) is 1. The number of ether oxygens (including phenoxy) is 2. The maximum Gasteiger partial charge on any atom is 0.216 e. The molecule has 0 aliphatic rings. The monoisotopic (exact) mass is 546 g/mol. The minimum Gasteiger partial charge on any atom is -0.490 e. The van der Waals surface area contributed by atoms with Crippen LogP contribution >= 0.6 is 23.8 Å². The molecule has 192 valence electrons.